The van der Waals surface area contributed by atoms with E-state index in [2.05, 4.69) is 97.2 Å². The first-order valence-electron chi connectivity index (χ1n) is 8.75. The van der Waals surface area contributed by atoms with E-state index >= 15 is 0 Å². The summed E-state index contributed by atoms with van der Waals surface area (Å²) in [5, 5.41) is 3.92. The van der Waals surface area contributed by atoms with Crippen molar-refractivity contribution in [3.8, 4) is 0 Å². The van der Waals surface area contributed by atoms with Crippen molar-refractivity contribution in [1.29, 1.82) is 0 Å². The fourth-order valence-corrected chi connectivity index (χ4v) is 17.5. The van der Waals surface area contributed by atoms with Crippen molar-refractivity contribution in [3.63, 3.8) is 0 Å². The average molecular weight is 409 g/mol. The Hall–Kier alpha value is -1.81. The molecule has 0 heterocycles. The van der Waals surface area contributed by atoms with Crippen molar-refractivity contribution >= 4 is 52.2 Å². The standard InChI is InChI=1S/C20H24O2Si4/c1-2-26(21-23,20-16-10-5-11-17-20)24-22-25(18-12-6-3-7-13-18)19-14-8-4-9-15-19/h2-17,25H,1,24H2,23H3. The van der Waals surface area contributed by atoms with Gasteiger partial charge in [0.1, 0.15) is 10.5 Å². The first-order chi connectivity index (χ1) is 12.8. The van der Waals surface area contributed by atoms with E-state index < -0.39 is 26.2 Å². The molecule has 0 saturated carbocycles. The first-order valence-corrected chi connectivity index (χ1v) is 16.1. The Labute approximate surface area is 163 Å². The normalized spacial score (nSPS) is 13.9. The minimum Gasteiger partial charge on any atom is -0.458 e. The van der Waals surface area contributed by atoms with E-state index in [1.165, 1.54) is 15.6 Å². The summed E-state index contributed by atoms with van der Waals surface area (Å²) in [6, 6.07) is 31.8. The molecule has 3 rings (SSSR count). The zero-order chi connectivity index (χ0) is 18.2. The topological polar surface area (TPSA) is 18.5 Å². The molecule has 0 aliphatic carbocycles. The van der Waals surface area contributed by atoms with Crippen LogP contribution in [0.1, 0.15) is 0 Å². The number of hydrogen-bond acceptors (Lipinski definition) is 2. The van der Waals surface area contributed by atoms with E-state index in [9.17, 15) is 0 Å². The lowest BCUT2D eigenvalue weighted by molar-refractivity contribution is 0.610. The second-order valence-corrected chi connectivity index (χ2v) is 18.3. The molecular weight excluding hydrogens is 385 g/mol. The minimum atomic E-state index is -2.17. The molecule has 0 aliphatic heterocycles. The van der Waals surface area contributed by atoms with Crippen molar-refractivity contribution in [2.75, 3.05) is 0 Å². The monoisotopic (exact) mass is 408 g/mol. The number of hydrogen-bond donors (Lipinski definition) is 0. The SMILES string of the molecule is C=C[Si](O[SiH3])([SiH2]O[SiH](c1ccccc1)c1ccccc1)c1ccccc1. The molecule has 1 unspecified atom stereocenters. The Morgan fingerprint density at radius 1 is 0.808 bits per heavy atom. The van der Waals surface area contributed by atoms with Crippen molar-refractivity contribution < 1.29 is 8.23 Å². The highest BCUT2D eigenvalue weighted by molar-refractivity contribution is 7.30. The zero-order valence-electron chi connectivity index (χ0n) is 15.0. The van der Waals surface area contributed by atoms with Gasteiger partial charge in [0, 0.05) is 0 Å². The Morgan fingerprint density at radius 2 is 1.27 bits per heavy atom. The van der Waals surface area contributed by atoms with Crippen LogP contribution in [-0.4, -0.2) is 36.6 Å². The van der Waals surface area contributed by atoms with E-state index in [0.717, 1.165) is 0 Å². The third-order valence-corrected chi connectivity index (χ3v) is 21.4. The molecule has 0 aliphatic rings. The quantitative estimate of drug-likeness (QED) is 0.489. The van der Waals surface area contributed by atoms with E-state index in [4.69, 9.17) is 8.23 Å². The Kier molecular flexibility index (Phi) is 6.72. The molecule has 132 valence electrons. The zero-order valence-corrected chi connectivity index (χ0v) is 20.6. The minimum absolute atomic E-state index is 0.702. The molecule has 3 aromatic carbocycles. The molecule has 0 saturated heterocycles. The highest BCUT2D eigenvalue weighted by Gasteiger charge is 2.35. The predicted octanol–water partition coefficient (Wildman–Crippen LogP) is -0.00340. The van der Waals surface area contributed by atoms with Crippen molar-refractivity contribution in [1.82, 2.24) is 0 Å². The Morgan fingerprint density at radius 3 is 1.69 bits per heavy atom. The Balaban J connectivity index is 1.90. The lowest BCUT2D eigenvalue weighted by Gasteiger charge is -2.29. The van der Waals surface area contributed by atoms with Gasteiger partial charge in [-0.05, 0) is 15.6 Å². The van der Waals surface area contributed by atoms with E-state index in [-0.39, 0.29) is 0 Å². The molecule has 26 heavy (non-hydrogen) atoms. The van der Waals surface area contributed by atoms with Gasteiger partial charge in [-0.25, -0.2) is 0 Å². The molecule has 6 heteroatoms. The lowest BCUT2D eigenvalue weighted by atomic mass is 10.4. The van der Waals surface area contributed by atoms with Gasteiger partial charge in [-0.2, -0.15) is 0 Å². The second-order valence-electron chi connectivity index (χ2n) is 6.18. The lowest BCUT2D eigenvalue weighted by Crippen LogP contribution is -2.59. The molecule has 0 fully saturated rings. The van der Waals surface area contributed by atoms with Gasteiger partial charge in [0.25, 0.3) is 0 Å². The van der Waals surface area contributed by atoms with Crippen LogP contribution < -0.4 is 15.6 Å². The van der Waals surface area contributed by atoms with E-state index in [1.807, 2.05) is 6.07 Å². The van der Waals surface area contributed by atoms with E-state index in [0.29, 0.717) is 10.5 Å². The summed E-state index contributed by atoms with van der Waals surface area (Å²) in [6.45, 7) is 4.13. The van der Waals surface area contributed by atoms with Crippen LogP contribution in [0.15, 0.2) is 103 Å². The van der Waals surface area contributed by atoms with Crippen LogP contribution in [0.25, 0.3) is 0 Å². The molecule has 0 amide bonds. The number of rotatable bonds is 8. The molecular formula is C20H24O2Si4. The highest BCUT2D eigenvalue weighted by atomic mass is 29.2. The van der Waals surface area contributed by atoms with E-state index in [1.54, 1.807) is 0 Å². The average Bonchev–Trinajstić information content (AvgIpc) is 2.74. The van der Waals surface area contributed by atoms with Crippen LogP contribution in [0.3, 0.4) is 0 Å². The summed E-state index contributed by atoms with van der Waals surface area (Å²) in [5.41, 5.74) is 2.07. The summed E-state index contributed by atoms with van der Waals surface area (Å²) in [6.07, 6.45) is 0. The van der Waals surface area contributed by atoms with Crippen LogP contribution in [0.5, 0.6) is 0 Å². The van der Waals surface area contributed by atoms with Gasteiger partial charge in [-0.15, -0.1) is 6.58 Å². The van der Waals surface area contributed by atoms with Crippen LogP contribution >= 0.6 is 0 Å². The van der Waals surface area contributed by atoms with Gasteiger partial charge in [-0.1, -0.05) is 96.7 Å². The Bertz CT molecular complexity index is 775. The number of benzene rings is 3. The van der Waals surface area contributed by atoms with Crippen LogP contribution in [0.4, 0.5) is 0 Å². The smallest absolute Gasteiger partial charge is 0.244 e. The van der Waals surface area contributed by atoms with Crippen LogP contribution in [0, 0.1) is 0 Å². The largest absolute Gasteiger partial charge is 0.458 e. The molecule has 2 nitrogen and oxygen atoms in total. The van der Waals surface area contributed by atoms with Gasteiger partial charge in [0.05, 0.1) is 0 Å². The fourth-order valence-electron chi connectivity index (χ4n) is 3.09. The van der Waals surface area contributed by atoms with Crippen LogP contribution in [-0.2, 0) is 8.23 Å². The van der Waals surface area contributed by atoms with Gasteiger partial charge in [0.2, 0.25) is 16.9 Å². The third-order valence-electron chi connectivity index (χ3n) is 4.63. The summed E-state index contributed by atoms with van der Waals surface area (Å²) in [7, 11) is -4.11. The van der Waals surface area contributed by atoms with Gasteiger partial charge < -0.3 is 8.23 Å². The maximum absolute atomic E-state index is 6.78. The first kappa shape index (κ1) is 19.0. The second kappa shape index (κ2) is 9.22. The molecule has 0 N–H and O–H groups in total. The van der Waals surface area contributed by atoms with Crippen molar-refractivity contribution in [2.45, 2.75) is 0 Å². The third kappa shape index (κ3) is 4.29. The van der Waals surface area contributed by atoms with Crippen molar-refractivity contribution in [2.24, 2.45) is 0 Å². The van der Waals surface area contributed by atoms with Crippen LogP contribution in [0.2, 0.25) is 0 Å². The molecule has 3 aromatic rings. The fraction of sp³-hybridized carbons (Fsp3) is 0. The highest BCUT2D eigenvalue weighted by Crippen LogP contribution is 2.07. The summed E-state index contributed by atoms with van der Waals surface area (Å²) < 4.78 is 13.0. The summed E-state index contributed by atoms with van der Waals surface area (Å²) in [5.74, 6) is 0. The molecule has 0 spiro atoms. The van der Waals surface area contributed by atoms with Gasteiger partial charge in [-0.3, -0.25) is 0 Å². The molecule has 0 bridgehead atoms. The summed E-state index contributed by atoms with van der Waals surface area (Å²) >= 11 is 0. The molecule has 0 aromatic heterocycles. The maximum atomic E-state index is 6.78. The molecule has 0 radical (unpaired) electrons. The predicted molar refractivity (Wildman–Crippen MR) is 122 cm³/mol. The summed E-state index contributed by atoms with van der Waals surface area (Å²) in [4.78, 5) is 0. The van der Waals surface area contributed by atoms with Crippen molar-refractivity contribution in [3.05, 3.63) is 103 Å². The maximum Gasteiger partial charge on any atom is 0.244 e. The van der Waals surface area contributed by atoms with Gasteiger partial charge >= 0.3 is 0 Å². The van der Waals surface area contributed by atoms with Gasteiger partial charge in [0.15, 0.2) is 9.28 Å². The molecule has 1 atom stereocenters.